The average molecular weight is 658 g/mol. The molecule has 0 unspecified atom stereocenters. The van der Waals surface area contributed by atoms with E-state index in [4.69, 9.17) is 15.0 Å². The topological polar surface area (TPSA) is 48.5 Å². The molecule has 0 aliphatic carbocycles. The summed E-state index contributed by atoms with van der Waals surface area (Å²) in [5.74, 6) is 1.83. The molecule has 0 radical (unpaired) electrons. The van der Waals surface area contributed by atoms with E-state index in [0.717, 1.165) is 56.1 Å². The number of allylic oxidation sites excluding steroid dienone is 4. The zero-order valence-corrected chi connectivity index (χ0v) is 28.5. The molecule has 0 aliphatic rings. The van der Waals surface area contributed by atoms with E-state index < -0.39 is 0 Å². The first-order valence-electron chi connectivity index (χ1n) is 17.5. The summed E-state index contributed by atoms with van der Waals surface area (Å²) in [7, 11) is 0. The van der Waals surface area contributed by atoms with Gasteiger partial charge in [0.05, 0.1) is 22.1 Å². The third kappa shape index (κ3) is 5.05. The average Bonchev–Trinajstić information content (AvgIpc) is 3.72. The van der Waals surface area contributed by atoms with Gasteiger partial charge in [-0.25, -0.2) is 4.98 Å². The second-order valence-electron chi connectivity index (χ2n) is 12.7. The first kappa shape index (κ1) is 30.5. The summed E-state index contributed by atoms with van der Waals surface area (Å²) in [4.78, 5) is 15.6. The Bertz CT molecular complexity index is 2710. The quantitative estimate of drug-likeness (QED) is 0.160. The molecule has 9 aromatic rings. The van der Waals surface area contributed by atoms with Crippen molar-refractivity contribution in [1.29, 1.82) is 0 Å². The van der Waals surface area contributed by atoms with Crippen molar-refractivity contribution in [2.75, 3.05) is 0 Å². The highest BCUT2D eigenvalue weighted by Crippen LogP contribution is 2.45. The van der Waals surface area contributed by atoms with Gasteiger partial charge in [0.25, 0.3) is 0 Å². The van der Waals surface area contributed by atoms with Gasteiger partial charge in [0.2, 0.25) is 5.95 Å². The summed E-state index contributed by atoms with van der Waals surface area (Å²) < 4.78 is 4.67. The summed E-state index contributed by atoms with van der Waals surface area (Å²) >= 11 is 0. The Hall–Kier alpha value is -6.59. The number of hydrogen-bond donors (Lipinski definition) is 0. The zero-order valence-electron chi connectivity index (χ0n) is 28.5. The first-order chi connectivity index (χ1) is 25.2. The van der Waals surface area contributed by atoms with Crippen molar-refractivity contribution in [3.8, 4) is 34.4 Å². The van der Waals surface area contributed by atoms with Crippen LogP contribution in [-0.4, -0.2) is 24.1 Å². The molecule has 9 rings (SSSR count). The molecule has 51 heavy (non-hydrogen) atoms. The van der Waals surface area contributed by atoms with E-state index in [1.54, 1.807) is 0 Å². The number of benzene rings is 6. The summed E-state index contributed by atoms with van der Waals surface area (Å²) in [5.41, 5.74) is 9.65. The molecule has 0 spiro atoms. The fraction of sp³-hybridized carbons (Fsp3) is 0.0652. The second-order valence-corrected chi connectivity index (χ2v) is 12.7. The Morgan fingerprint density at radius 2 is 1.12 bits per heavy atom. The largest absolute Gasteiger partial charge is 0.307 e. The number of fused-ring (bicyclic) bond motifs is 7. The molecule has 0 saturated heterocycles. The number of aromatic nitrogens is 5. The highest BCUT2D eigenvalue weighted by molar-refractivity contribution is 6.26. The van der Waals surface area contributed by atoms with Gasteiger partial charge in [-0.05, 0) is 54.8 Å². The SMILES string of the molecule is C/C=C(\C=C/CC)c1cc2c3ccccc3n(-c3ccccc3)c2c2c1c1ccccc1n2-c1nc(-c2ccccc2)nc(-c2ccccc2)n1. The van der Waals surface area contributed by atoms with E-state index in [1.165, 1.54) is 21.9 Å². The van der Waals surface area contributed by atoms with Gasteiger partial charge >= 0.3 is 0 Å². The Morgan fingerprint density at radius 1 is 0.569 bits per heavy atom. The van der Waals surface area contributed by atoms with Crippen molar-refractivity contribution in [2.45, 2.75) is 20.3 Å². The summed E-state index contributed by atoms with van der Waals surface area (Å²) in [6.45, 7) is 4.30. The number of rotatable bonds is 7. The fourth-order valence-corrected chi connectivity index (χ4v) is 7.36. The molecule has 244 valence electrons. The van der Waals surface area contributed by atoms with E-state index in [0.29, 0.717) is 17.6 Å². The van der Waals surface area contributed by atoms with Crippen LogP contribution in [0.2, 0.25) is 0 Å². The Morgan fingerprint density at radius 3 is 1.73 bits per heavy atom. The van der Waals surface area contributed by atoms with Crippen LogP contribution in [0.25, 0.3) is 83.6 Å². The van der Waals surface area contributed by atoms with Gasteiger partial charge < -0.3 is 4.57 Å². The van der Waals surface area contributed by atoms with Gasteiger partial charge in [0.15, 0.2) is 11.6 Å². The number of hydrogen-bond acceptors (Lipinski definition) is 3. The van der Waals surface area contributed by atoms with Crippen LogP contribution < -0.4 is 0 Å². The van der Waals surface area contributed by atoms with E-state index in [9.17, 15) is 0 Å². The number of nitrogens with zero attached hydrogens (tertiary/aromatic N) is 5. The maximum atomic E-state index is 5.28. The highest BCUT2D eigenvalue weighted by atomic mass is 15.2. The van der Waals surface area contributed by atoms with Crippen molar-refractivity contribution < 1.29 is 0 Å². The van der Waals surface area contributed by atoms with Crippen LogP contribution in [0.5, 0.6) is 0 Å². The molecule has 3 aromatic heterocycles. The Labute approximate surface area is 296 Å². The van der Waals surface area contributed by atoms with Crippen LogP contribution >= 0.6 is 0 Å². The normalized spacial score (nSPS) is 12.2. The minimum Gasteiger partial charge on any atom is -0.307 e. The second kappa shape index (κ2) is 12.7. The lowest BCUT2D eigenvalue weighted by atomic mass is 9.96. The molecule has 0 atom stereocenters. The van der Waals surface area contributed by atoms with Crippen molar-refractivity contribution in [3.05, 3.63) is 169 Å². The molecular formula is C46H35N5. The lowest BCUT2D eigenvalue weighted by Gasteiger charge is -2.14. The first-order valence-corrected chi connectivity index (χ1v) is 17.5. The van der Waals surface area contributed by atoms with Crippen molar-refractivity contribution in [2.24, 2.45) is 0 Å². The van der Waals surface area contributed by atoms with E-state index >= 15 is 0 Å². The number of para-hydroxylation sites is 3. The van der Waals surface area contributed by atoms with Crippen LogP contribution in [0, 0.1) is 0 Å². The summed E-state index contributed by atoms with van der Waals surface area (Å²) in [6.07, 6.45) is 7.67. The molecule has 6 aromatic carbocycles. The molecular weight excluding hydrogens is 623 g/mol. The maximum absolute atomic E-state index is 5.28. The van der Waals surface area contributed by atoms with Gasteiger partial charge in [0.1, 0.15) is 0 Å². The molecule has 0 N–H and O–H groups in total. The third-order valence-corrected chi connectivity index (χ3v) is 9.63. The van der Waals surface area contributed by atoms with Crippen LogP contribution in [-0.2, 0) is 0 Å². The monoisotopic (exact) mass is 657 g/mol. The standard InChI is InChI=1S/C46H35N5/c1-3-5-19-31(4-2)37-30-38-35-26-15-17-28-39(35)50(34-24-13-8-14-25-34)42(38)43-41(37)36-27-16-18-29-40(36)51(43)46-48-44(32-20-9-6-10-21-32)47-45(49-46)33-22-11-7-12-23-33/h4-30H,3H2,1-2H3/b19-5-,31-4+. The lowest BCUT2D eigenvalue weighted by molar-refractivity contribution is 0.953. The van der Waals surface area contributed by atoms with Crippen LogP contribution in [0.1, 0.15) is 25.8 Å². The minimum absolute atomic E-state index is 0.573. The van der Waals surface area contributed by atoms with E-state index in [2.05, 4.69) is 150 Å². The summed E-state index contributed by atoms with van der Waals surface area (Å²) in [6, 6.07) is 50.8. The summed E-state index contributed by atoms with van der Waals surface area (Å²) in [5, 5.41) is 4.67. The van der Waals surface area contributed by atoms with Crippen LogP contribution in [0.4, 0.5) is 0 Å². The third-order valence-electron chi connectivity index (χ3n) is 9.63. The molecule has 3 heterocycles. The van der Waals surface area contributed by atoms with Crippen molar-refractivity contribution in [1.82, 2.24) is 24.1 Å². The fourth-order valence-electron chi connectivity index (χ4n) is 7.36. The van der Waals surface area contributed by atoms with Crippen LogP contribution in [0.15, 0.2) is 164 Å². The van der Waals surface area contributed by atoms with Gasteiger partial charge in [0, 0.05) is 38.4 Å². The van der Waals surface area contributed by atoms with Gasteiger partial charge in [-0.1, -0.05) is 140 Å². The van der Waals surface area contributed by atoms with E-state index in [-0.39, 0.29) is 0 Å². The zero-order chi connectivity index (χ0) is 34.3. The molecule has 0 amide bonds. The Balaban J connectivity index is 1.53. The van der Waals surface area contributed by atoms with Crippen molar-refractivity contribution >= 4 is 49.2 Å². The van der Waals surface area contributed by atoms with E-state index in [1.807, 2.05) is 36.4 Å². The highest BCUT2D eigenvalue weighted by Gasteiger charge is 2.26. The molecule has 0 fully saturated rings. The van der Waals surface area contributed by atoms with Gasteiger partial charge in [-0.3, -0.25) is 4.57 Å². The molecule has 0 aliphatic heterocycles. The maximum Gasteiger partial charge on any atom is 0.238 e. The predicted octanol–water partition coefficient (Wildman–Crippen LogP) is 11.8. The lowest BCUT2D eigenvalue weighted by Crippen LogP contribution is -2.07. The van der Waals surface area contributed by atoms with Crippen LogP contribution in [0.3, 0.4) is 0 Å². The molecule has 5 heteroatoms. The minimum atomic E-state index is 0.573. The Kier molecular flexibility index (Phi) is 7.59. The molecule has 0 saturated carbocycles. The molecule has 5 nitrogen and oxygen atoms in total. The molecule has 0 bridgehead atoms. The van der Waals surface area contributed by atoms with Crippen molar-refractivity contribution in [3.63, 3.8) is 0 Å². The van der Waals surface area contributed by atoms with Gasteiger partial charge in [-0.2, -0.15) is 9.97 Å². The predicted molar refractivity (Wildman–Crippen MR) is 212 cm³/mol. The van der Waals surface area contributed by atoms with Gasteiger partial charge in [-0.15, -0.1) is 0 Å². The smallest absolute Gasteiger partial charge is 0.238 e.